The fourth-order valence-corrected chi connectivity index (χ4v) is 5.02. The first-order valence-corrected chi connectivity index (χ1v) is 12.6. The average Bonchev–Trinajstić information content (AvgIpc) is 3.53. The van der Waals surface area contributed by atoms with Crippen molar-refractivity contribution < 1.29 is 28.8 Å². The zero-order valence-electron chi connectivity index (χ0n) is 20.9. The molecule has 6 rings (SSSR count). The molecular formula is C27H29N5O6. The van der Waals surface area contributed by atoms with E-state index in [1.807, 2.05) is 24.3 Å². The number of nitrogens with zero attached hydrogens (tertiary/aromatic N) is 4. The van der Waals surface area contributed by atoms with Crippen LogP contribution in [0.4, 0.5) is 10.5 Å². The lowest BCUT2D eigenvalue weighted by molar-refractivity contribution is 0.114. The van der Waals surface area contributed by atoms with E-state index in [2.05, 4.69) is 26.3 Å². The number of amides is 1. The molecule has 0 spiro atoms. The lowest BCUT2D eigenvalue weighted by Crippen LogP contribution is -2.43. The predicted octanol–water partition coefficient (Wildman–Crippen LogP) is 2.56. The molecule has 2 N–H and O–H groups in total. The van der Waals surface area contributed by atoms with Crippen LogP contribution in [-0.2, 0) is 14.2 Å². The van der Waals surface area contributed by atoms with Gasteiger partial charge in [0.05, 0.1) is 37.0 Å². The summed E-state index contributed by atoms with van der Waals surface area (Å²) in [6, 6.07) is 5.32. The van der Waals surface area contributed by atoms with E-state index < -0.39 is 18.3 Å². The van der Waals surface area contributed by atoms with Gasteiger partial charge in [-0.2, -0.15) is 0 Å². The maximum absolute atomic E-state index is 12.6. The van der Waals surface area contributed by atoms with Gasteiger partial charge in [0.2, 0.25) is 11.8 Å². The molecule has 0 bridgehead atoms. The monoisotopic (exact) mass is 519 g/mol. The Morgan fingerprint density at radius 1 is 1.21 bits per heavy atom. The van der Waals surface area contributed by atoms with Crippen molar-refractivity contribution in [2.45, 2.75) is 31.1 Å². The number of cyclic esters (lactones) is 1. The van der Waals surface area contributed by atoms with Crippen LogP contribution in [0.25, 0.3) is 11.0 Å². The number of fused-ring (bicyclic) bond motifs is 1. The zero-order chi connectivity index (χ0) is 26.1. The summed E-state index contributed by atoms with van der Waals surface area (Å²) in [5, 5.41) is 14.2. The second-order valence-corrected chi connectivity index (χ2v) is 9.49. The molecule has 2 aromatic rings. The Bertz CT molecular complexity index is 1350. The Balaban J connectivity index is 1.06. The molecule has 38 heavy (non-hydrogen) atoms. The van der Waals surface area contributed by atoms with Crippen LogP contribution in [-0.4, -0.2) is 77.6 Å². The van der Waals surface area contributed by atoms with Crippen molar-refractivity contribution in [3.63, 3.8) is 0 Å². The largest absolute Gasteiger partial charge is 0.481 e. The van der Waals surface area contributed by atoms with Crippen molar-refractivity contribution in [2.75, 3.05) is 38.2 Å². The van der Waals surface area contributed by atoms with Crippen LogP contribution in [0.3, 0.4) is 0 Å². The number of aliphatic hydroxyl groups is 1. The average molecular weight is 520 g/mol. The number of aromatic nitrogens is 2. The lowest BCUT2D eigenvalue weighted by atomic mass is 10.0. The van der Waals surface area contributed by atoms with Gasteiger partial charge in [-0.1, -0.05) is 18.2 Å². The quantitative estimate of drug-likeness (QED) is 0.565. The highest BCUT2D eigenvalue weighted by molar-refractivity contribution is 5.88. The van der Waals surface area contributed by atoms with Crippen LogP contribution in [0.5, 0.6) is 5.88 Å². The maximum atomic E-state index is 12.6. The van der Waals surface area contributed by atoms with E-state index in [0.29, 0.717) is 43.7 Å². The third kappa shape index (κ3) is 4.77. The first-order chi connectivity index (χ1) is 18.6. The maximum Gasteiger partial charge on any atom is 0.417 e. The van der Waals surface area contributed by atoms with E-state index in [4.69, 9.17) is 18.9 Å². The van der Waals surface area contributed by atoms with Crippen molar-refractivity contribution in [2.24, 2.45) is 0 Å². The number of nitrogens with one attached hydrogen (secondary N) is 1. The van der Waals surface area contributed by atoms with E-state index in [9.17, 15) is 9.90 Å². The van der Waals surface area contributed by atoms with Gasteiger partial charge in [0.25, 0.3) is 0 Å². The Morgan fingerprint density at radius 2 is 2.13 bits per heavy atom. The number of aliphatic hydroxyl groups excluding tert-OH is 1. The summed E-state index contributed by atoms with van der Waals surface area (Å²) < 4.78 is 22.3. The molecule has 0 radical (unpaired) electrons. The van der Waals surface area contributed by atoms with Crippen molar-refractivity contribution in [3.8, 4) is 5.88 Å². The molecule has 0 saturated carbocycles. The molecule has 0 unspecified atom stereocenters. The molecule has 2 fully saturated rings. The fourth-order valence-electron chi connectivity index (χ4n) is 5.02. The molecule has 3 aliphatic heterocycles. The van der Waals surface area contributed by atoms with Crippen molar-refractivity contribution in [1.82, 2.24) is 20.2 Å². The smallest absolute Gasteiger partial charge is 0.417 e. The predicted molar refractivity (Wildman–Crippen MR) is 138 cm³/mol. The van der Waals surface area contributed by atoms with Gasteiger partial charge in [-0.05, 0) is 30.5 Å². The minimum atomic E-state index is -0.611. The molecule has 11 nitrogen and oxygen atoms in total. The second kappa shape index (κ2) is 10.3. The number of hydrogen-bond acceptors (Lipinski definition) is 10. The van der Waals surface area contributed by atoms with Crippen LogP contribution >= 0.6 is 0 Å². The summed E-state index contributed by atoms with van der Waals surface area (Å²) in [6.45, 7) is 1.68. The topological polar surface area (TPSA) is 119 Å². The number of ether oxygens (including phenoxy) is 4. The second-order valence-electron chi connectivity index (χ2n) is 9.49. The minimum Gasteiger partial charge on any atom is -0.481 e. The molecule has 2 saturated heterocycles. The van der Waals surface area contributed by atoms with Crippen LogP contribution < -0.4 is 15.0 Å². The van der Waals surface area contributed by atoms with Gasteiger partial charge in [-0.25, -0.2) is 14.7 Å². The molecule has 11 heteroatoms. The lowest BCUT2D eigenvalue weighted by Gasteiger charge is -2.23. The molecule has 5 heterocycles. The molecular weight excluding hydrogens is 490 g/mol. The van der Waals surface area contributed by atoms with Crippen molar-refractivity contribution in [1.29, 1.82) is 0 Å². The van der Waals surface area contributed by atoms with Gasteiger partial charge >= 0.3 is 6.09 Å². The van der Waals surface area contributed by atoms with Gasteiger partial charge in [0.1, 0.15) is 17.9 Å². The highest BCUT2D eigenvalue weighted by atomic mass is 16.6. The van der Waals surface area contributed by atoms with Gasteiger partial charge in [-0.3, -0.25) is 4.98 Å². The van der Waals surface area contributed by atoms with Gasteiger partial charge < -0.3 is 34.3 Å². The minimum absolute atomic E-state index is 0.217. The summed E-state index contributed by atoms with van der Waals surface area (Å²) in [4.78, 5) is 25.1. The van der Waals surface area contributed by atoms with E-state index >= 15 is 0 Å². The summed E-state index contributed by atoms with van der Waals surface area (Å²) in [7, 11) is 1.58. The number of rotatable bonds is 7. The Hall–Kier alpha value is -4.09. The van der Waals surface area contributed by atoms with E-state index in [-0.39, 0.29) is 6.04 Å². The molecule has 198 valence electrons. The van der Waals surface area contributed by atoms with Gasteiger partial charge in [-0.15, -0.1) is 0 Å². The van der Waals surface area contributed by atoms with Gasteiger partial charge in [0, 0.05) is 31.9 Å². The van der Waals surface area contributed by atoms with Crippen LogP contribution in [0, 0.1) is 0 Å². The Kier molecular flexibility index (Phi) is 6.61. The number of pyridine rings is 2. The zero-order valence-corrected chi connectivity index (χ0v) is 20.9. The normalized spacial score (nSPS) is 24.9. The molecule has 1 aliphatic carbocycles. The number of β-amino-alcohol motifs (C(OH)–C–C–N with tert-alkyl or cyclic N) is 1. The Labute approximate surface area is 219 Å². The van der Waals surface area contributed by atoms with Gasteiger partial charge in [0.15, 0.2) is 12.0 Å². The number of carbonyl (C=O) groups excluding carboxylic acids is 1. The van der Waals surface area contributed by atoms with Crippen LogP contribution in [0.15, 0.2) is 72.4 Å². The van der Waals surface area contributed by atoms with E-state index in [1.54, 1.807) is 25.6 Å². The highest BCUT2D eigenvalue weighted by Crippen LogP contribution is 2.31. The molecule has 3 atom stereocenters. The standard InChI is InChI=1S/C27H29N5O6/c1-35-24-8-7-19-26(30-24)21(9-10-28-19)31-13-20(22(33)14-31)29-11-18-12-32(27(34)37-18)25-16-36-15-23(38-25)17-5-3-2-4-6-17/h2-3,5,7-10,15-16,18,20,22,29,33H,4,6,11-14H2,1H3/t18-,20+,22-/m1/s1. The van der Waals surface area contributed by atoms with Crippen molar-refractivity contribution in [3.05, 3.63) is 72.4 Å². The molecule has 0 aromatic carbocycles. The summed E-state index contributed by atoms with van der Waals surface area (Å²) in [5.41, 5.74) is 3.37. The molecule has 1 amide bonds. The number of allylic oxidation sites excluding steroid dienone is 4. The third-order valence-electron chi connectivity index (χ3n) is 7.01. The number of carbonyl (C=O) groups is 1. The third-order valence-corrected chi connectivity index (χ3v) is 7.01. The van der Waals surface area contributed by atoms with E-state index in [1.165, 1.54) is 11.2 Å². The Morgan fingerprint density at radius 3 is 2.97 bits per heavy atom. The highest BCUT2D eigenvalue weighted by Gasteiger charge is 2.38. The summed E-state index contributed by atoms with van der Waals surface area (Å²) in [6.07, 6.45) is 11.0. The first kappa shape index (κ1) is 24.3. The fraction of sp³-hybridized carbons (Fsp3) is 0.370. The SMILES string of the molecule is COc1ccc2nccc(N3C[C@@H](O)[C@@H](NC[C@@H]4CN(C5=COC=C(C6=CC=CCC6)O5)C(=O)O4)C3)c2n1. The molecule has 4 aliphatic rings. The van der Waals surface area contributed by atoms with E-state index in [0.717, 1.165) is 35.1 Å². The first-order valence-electron chi connectivity index (χ1n) is 12.6. The molecule has 2 aromatic heterocycles. The van der Waals surface area contributed by atoms with Crippen LogP contribution in [0.1, 0.15) is 12.8 Å². The number of anilines is 1. The number of hydrogen-bond donors (Lipinski definition) is 2. The number of methoxy groups -OCH3 is 1. The summed E-state index contributed by atoms with van der Waals surface area (Å²) >= 11 is 0. The van der Waals surface area contributed by atoms with Crippen molar-refractivity contribution >= 4 is 22.8 Å². The summed E-state index contributed by atoms with van der Waals surface area (Å²) in [5.74, 6) is 1.39. The van der Waals surface area contributed by atoms with Crippen LogP contribution in [0.2, 0.25) is 0 Å².